The summed E-state index contributed by atoms with van der Waals surface area (Å²) >= 11 is 0. The van der Waals surface area contributed by atoms with Gasteiger partial charge in [0.05, 0.1) is 5.69 Å². The second kappa shape index (κ2) is 17.8. The third-order valence-corrected chi connectivity index (χ3v) is 13.2. The maximum absolute atomic E-state index is 6.31. The van der Waals surface area contributed by atoms with E-state index in [9.17, 15) is 0 Å². The van der Waals surface area contributed by atoms with Crippen LogP contribution in [0.1, 0.15) is 0 Å². The molecule has 0 bridgehead atoms. The molecule has 2 nitrogen and oxygen atoms in total. The van der Waals surface area contributed by atoms with Gasteiger partial charge in [0.1, 0.15) is 11.2 Å². The summed E-state index contributed by atoms with van der Waals surface area (Å²) in [6.45, 7) is 0. The average molecular weight is 868 g/mol. The highest BCUT2D eigenvalue weighted by Crippen LogP contribution is 2.46. The fourth-order valence-corrected chi connectivity index (χ4v) is 9.72. The zero-order valence-corrected chi connectivity index (χ0v) is 37.3. The highest BCUT2D eigenvalue weighted by Gasteiger charge is 2.21. The first-order chi connectivity index (χ1) is 33.7. The van der Waals surface area contributed by atoms with Crippen LogP contribution in [0.25, 0.3) is 99.8 Å². The molecule has 0 atom stereocenters. The molecular weight excluding hydrogens is 823 g/mol. The number of hydrogen-bond donors (Lipinski definition) is 0. The van der Waals surface area contributed by atoms with E-state index < -0.39 is 0 Å². The van der Waals surface area contributed by atoms with Crippen LogP contribution in [0.3, 0.4) is 0 Å². The molecule has 1 aromatic heterocycles. The van der Waals surface area contributed by atoms with Crippen LogP contribution in [0.4, 0.5) is 17.1 Å². The van der Waals surface area contributed by atoms with Crippen molar-refractivity contribution in [3.05, 3.63) is 273 Å². The van der Waals surface area contributed by atoms with Gasteiger partial charge in [-0.1, -0.05) is 218 Å². The Kier molecular flexibility index (Phi) is 10.6. The minimum atomic E-state index is 0.890. The van der Waals surface area contributed by atoms with E-state index in [2.05, 4.69) is 266 Å². The van der Waals surface area contributed by atoms with Crippen molar-refractivity contribution in [3.8, 4) is 77.9 Å². The Morgan fingerprint density at radius 2 is 0.618 bits per heavy atom. The third kappa shape index (κ3) is 7.74. The molecule has 0 N–H and O–H groups in total. The first kappa shape index (κ1) is 40.5. The van der Waals surface area contributed by atoms with Crippen LogP contribution >= 0.6 is 0 Å². The van der Waals surface area contributed by atoms with E-state index in [-0.39, 0.29) is 0 Å². The van der Waals surface area contributed by atoms with Gasteiger partial charge < -0.3 is 9.32 Å². The number of hydrogen-bond acceptors (Lipinski definition) is 2. The highest BCUT2D eigenvalue weighted by atomic mass is 16.3. The summed E-state index contributed by atoms with van der Waals surface area (Å²) < 4.78 is 6.31. The van der Waals surface area contributed by atoms with Gasteiger partial charge in [0.2, 0.25) is 0 Å². The van der Waals surface area contributed by atoms with Crippen LogP contribution in [0.15, 0.2) is 277 Å². The maximum atomic E-state index is 6.31. The van der Waals surface area contributed by atoms with Gasteiger partial charge in [0.25, 0.3) is 0 Å². The average Bonchev–Trinajstić information content (AvgIpc) is 3.80. The van der Waals surface area contributed by atoms with Gasteiger partial charge in [-0.05, 0) is 127 Å². The van der Waals surface area contributed by atoms with Gasteiger partial charge in [0, 0.05) is 27.7 Å². The van der Waals surface area contributed by atoms with Crippen LogP contribution in [0.2, 0.25) is 0 Å². The van der Waals surface area contributed by atoms with Gasteiger partial charge in [-0.15, -0.1) is 0 Å². The maximum Gasteiger partial charge on any atom is 0.136 e. The number of furan rings is 1. The van der Waals surface area contributed by atoms with Crippen LogP contribution in [-0.4, -0.2) is 0 Å². The molecule has 68 heavy (non-hydrogen) atoms. The highest BCUT2D eigenvalue weighted by molar-refractivity contribution is 6.06. The number of fused-ring (bicyclic) bond motifs is 3. The normalized spacial score (nSPS) is 11.2. The van der Waals surface area contributed by atoms with Crippen molar-refractivity contribution in [1.82, 2.24) is 0 Å². The molecule has 11 aromatic carbocycles. The second-order valence-corrected chi connectivity index (χ2v) is 17.2. The van der Waals surface area contributed by atoms with E-state index in [4.69, 9.17) is 4.42 Å². The predicted molar refractivity (Wildman–Crippen MR) is 286 cm³/mol. The summed E-state index contributed by atoms with van der Waals surface area (Å²) in [7, 11) is 0. The molecule has 0 saturated heterocycles. The smallest absolute Gasteiger partial charge is 0.136 e. The quantitative estimate of drug-likeness (QED) is 0.136. The van der Waals surface area contributed by atoms with E-state index >= 15 is 0 Å². The van der Waals surface area contributed by atoms with Crippen molar-refractivity contribution >= 4 is 39.0 Å². The van der Waals surface area contributed by atoms with Crippen LogP contribution in [0.5, 0.6) is 0 Å². The van der Waals surface area contributed by atoms with Gasteiger partial charge in [0.15, 0.2) is 0 Å². The van der Waals surface area contributed by atoms with Crippen molar-refractivity contribution < 1.29 is 4.42 Å². The Balaban J connectivity index is 0.983. The Bertz CT molecular complexity index is 3690. The summed E-state index contributed by atoms with van der Waals surface area (Å²) in [5.74, 6) is 0. The Morgan fingerprint density at radius 3 is 1.24 bits per heavy atom. The fraction of sp³-hybridized carbons (Fsp3) is 0. The minimum Gasteiger partial charge on any atom is -0.456 e. The Hall–Kier alpha value is -8.98. The molecule has 320 valence electrons. The number of para-hydroxylation sites is 2. The lowest BCUT2D eigenvalue weighted by Gasteiger charge is -2.29. The van der Waals surface area contributed by atoms with E-state index in [1.807, 2.05) is 12.1 Å². The van der Waals surface area contributed by atoms with Crippen molar-refractivity contribution in [2.75, 3.05) is 4.90 Å². The molecule has 0 unspecified atom stereocenters. The third-order valence-electron chi connectivity index (χ3n) is 13.2. The van der Waals surface area contributed by atoms with Gasteiger partial charge >= 0.3 is 0 Å². The van der Waals surface area contributed by atoms with E-state index in [0.717, 1.165) is 66.8 Å². The number of anilines is 3. The fourth-order valence-electron chi connectivity index (χ4n) is 9.72. The molecule has 2 heteroatoms. The molecule has 0 aliphatic heterocycles. The molecule has 0 saturated carbocycles. The SMILES string of the molecule is c1ccc(-c2ccc(-c3ccc(N(c4ccc(-c5ccc6c(c5)oc5ccccc56)cc4)c4ccccc4-c4ccccc4-c4cc(-c5ccccc5)ccc4-c4ccccc4)cc3)cc2)cc1. The van der Waals surface area contributed by atoms with E-state index in [1.54, 1.807) is 0 Å². The van der Waals surface area contributed by atoms with Crippen molar-refractivity contribution in [2.24, 2.45) is 0 Å². The first-order valence-corrected chi connectivity index (χ1v) is 23.2. The van der Waals surface area contributed by atoms with E-state index in [0.29, 0.717) is 0 Å². The predicted octanol–water partition coefficient (Wildman–Crippen LogP) is 18.7. The number of nitrogens with zero attached hydrogens (tertiary/aromatic N) is 1. The Labute approximate surface area is 397 Å². The second-order valence-electron chi connectivity index (χ2n) is 17.2. The van der Waals surface area contributed by atoms with Crippen LogP contribution in [-0.2, 0) is 0 Å². The summed E-state index contributed by atoms with van der Waals surface area (Å²) in [6, 6.07) is 98.2. The number of rotatable bonds is 10. The molecule has 0 spiro atoms. The zero-order chi connectivity index (χ0) is 45.2. The molecule has 1 heterocycles. The largest absolute Gasteiger partial charge is 0.456 e. The molecule has 0 aliphatic rings. The molecule has 0 fully saturated rings. The van der Waals surface area contributed by atoms with Gasteiger partial charge in [-0.2, -0.15) is 0 Å². The topological polar surface area (TPSA) is 16.4 Å². The molecule has 12 rings (SSSR count). The molecular formula is C66H45NO. The standard InChI is InChI=1S/C66H45NO/c1-4-16-46(17-5-1)48-28-30-49(31-29-48)50-32-38-55(39-33-50)67(56-40-34-51(35-41-56)54-37-43-62-61-25-13-15-27-65(61)68-66(62)45-54)64-26-14-12-24-60(64)58-22-10-11-23-59(58)63-44-53(47-18-6-2-7-19-47)36-42-57(63)52-20-8-3-9-21-52/h1-45H. The Morgan fingerprint density at radius 1 is 0.221 bits per heavy atom. The van der Waals surface area contributed by atoms with Crippen molar-refractivity contribution in [1.29, 1.82) is 0 Å². The molecule has 0 amide bonds. The van der Waals surface area contributed by atoms with E-state index in [1.165, 1.54) is 50.1 Å². The lowest BCUT2D eigenvalue weighted by molar-refractivity contribution is 0.669. The summed E-state index contributed by atoms with van der Waals surface area (Å²) in [6.07, 6.45) is 0. The summed E-state index contributed by atoms with van der Waals surface area (Å²) in [4.78, 5) is 2.40. The monoisotopic (exact) mass is 867 g/mol. The summed E-state index contributed by atoms with van der Waals surface area (Å²) in [5.41, 5.74) is 21.4. The van der Waals surface area contributed by atoms with Crippen LogP contribution in [0, 0.1) is 0 Å². The minimum absolute atomic E-state index is 0.890. The summed E-state index contributed by atoms with van der Waals surface area (Å²) in [5, 5.41) is 2.26. The van der Waals surface area contributed by atoms with Gasteiger partial charge in [-0.25, -0.2) is 0 Å². The lowest BCUT2D eigenvalue weighted by atomic mass is 9.87. The van der Waals surface area contributed by atoms with Crippen molar-refractivity contribution in [3.63, 3.8) is 0 Å². The zero-order valence-electron chi connectivity index (χ0n) is 37.3. The van der Waals surface area contributed by atoms with Crippen molar-refractivity contribution in [2.45, 2.75) is 0 Å². The number of benzene rings is 11. The molecule has 0 aliphatic carbocycles. The first-order valence-electron chi connectivity index (χ1n) is 23.2. The molecule has 0 radical (unpaired) electrons. The van der Waals surface area contributed by atoms with Crippen LogP contribution < -0.4 is 4.90 Å². The molecule has 12 aromatic rings. The lowest BCUT2D eigenvalue weighted by Crippen LogP contribution is -2.11. The van der Waals surface area contributed by atoms with Gasteiger partial charge in [-0.3, -0.25) is 0 Å².